The minimum atomic E-state index is -0.0693. The van der Waals surface area contributed by atoms with Crippen molar-refractivity contribution in [3.05, 3.63) is 21.9 Å². The Labute approximate surface area is 106 Å². The molecule has 0 radical (unpaired) electrons. The van der Waals surface area contributed by atoms with Crippen molar-refractivity contribution in [1.29, 1.82) is 0 Å². The fraction of sp³-hybridized carbons (Fsp3) is 0.692. The molecule has 0 aromatic carbocycles. The van der Waals surface area contributed by atoms with Crippen molar-refractivity contribution in [2.24, 2.45) is 0 Å². The van der Waals surface area contributed by atoms with E-state index in [1.807, 2.05) is 11.4 Å². The summed E-state index contributed by atoms with van der Waals surface area (Å²) in [5.74, 6) is 0. The molecule has 2 unspecified atom stereocenters. The molecule has 2 heterocycles. The zero-order valence-electron chi connectivity index (χ0n) is 10.2. The van der Waals surface area contributed by atoms with E-state index < -0.39 is 0 Å². The quantitative estimate of drug-likeness (QED) is 0.879. The van der Waals surface area contributed by atoms with Gasteiger partial charge in [0.05, 0.1) is 12.7 Å². The fourth-order valence-corrected chi connectivity index (χ4v) is 2.95. The summed E-state index contributed by atoms with van der Waals surface area (Å²) in [7, 11) is 0. The Kier molecular flexibility index (Phi) is 4.98. The zero-order chi connectivity index (χ0) is 12.1. The Balaban J connectivity index is 2.00. The van der Waals surface area contributed by atoms with Gasteiger partial charge in [-0.1, -0.05) is 6.92 Å². The molecule has 1 aliphatic heterocycles. The molecule has 2 atom stereocenters. The minimum Gasteiger partial charge on any atom is -0.391 e. The van der Waals surface area contributed by atoms with Crippen LogP contribution < -0.4 is 0 Å². The summed E-state index contributed by atoms with van der Waals surface area (Å²) >= 11 is 1.58. The normalized spacial score (nSPS) is 22.6. The lowest BCUT2D eigenvalue weighted by atomic mass is 10.1. The first-order chi connectivity index (χ1) is 8.35. The minimum absolute atomic E-state index is 0.0477. The number of aliphatic hydroxyl groups is 1. The summed E-state index contributed by atoms with van der Waals surface area (Å²) in [6.07, 6.45) is 4.18. The molecular weight excluding hydrogens is 236 g/mol. The van der Waals surface area contributed by atoms with Crippen molar-refractivity contribution in [2.45, 2.75) is 51.6 Å². The average molecular weight is 256 g/mol. The topological polar surface area (TPSA) is 38.7 Å². The molecule has 96 valence electrons. The molecule has 0 saturated carbocycles. The summed E-state index contributed by atoms with van der Waals surface area (Å²) in [5.41, 5.74) is 1.12. The van der Waals surface area contributed by atoms with Crippen LogP contribution in [0, 0.1) is 0 Å². The van der Waals surface area contributed by atoms with E-state index in [0.717, 1.165) is 36.3 Å². The molecule has 1 aromatic heterocycles. The summed E-state index contributed by atoms with van der Waals surface area (Å²) < 4.78 is 11.6. The monoisotopic (exact) mass is 256 g/mol. The van der Waals surface area contributed by atoms with Crippen molar-refractivity contribution in [3.63, 3.8) is 0 Å². The highest BCUT2D eigenvalue weighted by Gasteiger charge is 2.22. The van der Waals surface area contributed by atoms with Gasteiger partial charge in [-0.3, -0.25) is 0 Å². The molecule has 1 aliphatic rings. The van der Waals surface area contributed by atoms with Crippen molar-refractivity contribution in [2.75, 3.05) is 6.61 Å². The van der Waals surface area contributed by atoms with Gasteiger partial charge in [0.1, 0.15) is 0 Å². The Bertz CT molecular complexity index is 331. The Morgan fingerprint density at radius 3 is 3.12 bits per heavy atom. The standard InChI is InChI=1S/C13H20O3S/c1-2-11(10-6-8-17-12(10)9-14)16-13-5-3-4-7-15-13/h6,8,11,13-14H,2-5,7,9H2,1H3. The van der Waals surface area contributed by atoms with Crippen LogP contribution in [0.15, 0.2) is 11.4 Å². The lowest BCUT2D eigenvalue weighted by Gasteiger charge is -2.27. The van der Waals surface area contributed by atoms with Crippen LogP contribution in [0.2, 0.25) is 0 Å². The zero-order valence-corrected chi connectivity index (χ0v) is 11.0. The molecule has 4 heteroatoms. The second-order valence-electron chi connectivity index (χ2n) is 4.29. The van der Waals surface area contributed by atoms with Crippen LogP contribution in [-0.2, 0) is 16.1 Å². The van der Waals surface area contributed by atoms with Crippen LogP contribution >= 0.6 is 11.3 Å². The second kappa shape index (κ2) is 6.50. The SMILES string of the molecule is CCC(OC1CCCCO1)c1ccsc1CO. The van der Waals surface area contributed by atoms with Gasteiger partial charge in [0.2, 0.25) is 0 Å². The number of hydrogen-bond acceptors (Lipinski definition) is 4. The van der Waals surface area contributed by atoms with E-state index in [2.05, 4.69) is 6.92 Å². The molecule has 0 bridgehead atoms. The highest BCUT2D eigenvalue weighted by Crippen LogP contribution is 2.31. The molecule has 1 aromatic rings. The van der Waals surface area contributed by atoms with Gasteiger partial charge >= 0.3 is 0 Å². The maximum Gasteiger partial charge on any atom is 0.158 e. The van der Waals surface area contributed by atoms with Gasteiger partial charge in [0, 0.05) is 11.5 Å². The predicted molar refractivity (Wildman–Crippen MR) is 67.9 cm³/mol. The van der Waals surface area contributed by atoms with E-state index in [-0.39, 0.29) is 19.0 Å². The third-order valence-electron chi connectivity index (χ3n) is 3.10. The molecule has 17 heavy (non-hydrogen) atoms. The van der Waals surface area contributed by atoms with Gasteiger partial charge in [0.25, 0.3) is 0 Å². The first-order valence-corrected chi connectivity index (χ1v) is 7.17. The van der Waals surface area contributed by atoms with Crippen molar-refractivity contribution in [1.82, 2.24) is 0 Å². The second-order valence-corrected chi connectivity index (χ2v) is 5.29. The average Bonchev–Trinajstić information content (AvgIpc) is 2.85. The van der Waals surface area contributed by atoms with Gasteiger partial charge < -0.3 is 14.6 Å². The van der Waals surface area contributed by atoms with Gasteiger partial charge in [0.15, 0.2) is 6.29 Å². The Morgan fingerprint density at radius 1 is 1.59 bits per heavy atom. The highest BCUT2D eigenvalue weighted by molar-refractivity contribution is 7.10. The first kappa shape index (κ1) is 13.0. The molecule has 1 fully saturated rings. The molecule has 0 spiro atoms. The summed E-state index contributed by atoms with van der Waals surface area (Å²) in [5, 5.41) is 11.3. The van der Waals surface area contributed by atoms with Crippen LogP contribution in [0.1, 0.15) is 49.2 Å². The molecular formula is C13H20O3S. The van der Waals surface area contributed by atoms with Gasteiger partial charge in [-0.15, -0.1) is 11.3 Å². The molecule has 2 rings (SSSR count). The third kappa shape index (κ3) is 3.28. The van der Waals surface area contributed by atoms with Crippen LogP contribution in [0.3, 0.4) is 0 Å². The number of aliphatic hydroxyl groups excluding tert-OH is 1. The summed E-state index contributed by atoms with van der Waals surface area (Å²) in [6, 6.07) is 2.05. The third-order valence-corrected chi connectivity index (χ3v) is 4.02. The van der Waals surface area contributed by atoms with E-state index in [0.29, 0.717) is 0 Å². The molecule has 0 amide bonds. The molecule has 1 N–H and O–H groups in total. The Morgan fingerprint density at radius 2 is 2.47 bits per heavy atom. The van der Waals surface area contributed by atoms with Gasteiger partial charge in [-0.2, -0.15) is 0 Å². The first-order valence-electron chi connectivity index (χ1n) is 6.29. The molecule has 0 aliphatic carbocycles. The van der Waals surface area contributed by atoms with Crippen LogP contribution in [0.25, 0.3) is 0 Å². The van der Waals surface area contributed by atoms with Crippen LogP contribution in [-0.4, -0.2) is 18.0 Å². The van der Waals surface area contributed by atoms with E-state index >= 15 is 0 Å². The van der Waals surface area contributed by atoms with Gasteiger partial charge in [-0.25, -0.2) is 0 Å². The van der Waals surface area contributed by atoms with Crippen LogP contribution in [0.5, 0.6) is 0 Å². The maximum absolute atomic E-state index is 9.28. The van der Waals surface area contributed by atoms with Crippen molar-refractivity contribution in [3.8, 4) is 0 Å². The molecule has 1 saturated heterocycles. The van der Waals surface area contributed by atoms with Crippen LogP contribution in [0.4, 0.5) is 0 Å². The van der Waals surface area contributed by atoms with E-state index in [4.69, 9.17) is 9.47 Å². The molecule has 3 nitrogen and oxygen atoms in total. The number of rotatable bonds is 5. The summed E-state index contributed by atoms with van der Waals surface area (Å²) in [4.78, 5) is 1.01. The highest BCUT2D eigenvalue weighted by atomic mass is 32.1. The largest absolute Gasteiger partial charge is 0.391 e. The van der Waals surface area contributed by atoms with Gasteiger partial charge in [-0.05, 0) is 42.7 Å². The maximum atomic E-state index is 9.28. The van der Waals surface area contributed by atoms with E-state index in [9.17, 15) is 5.11 Å². The number of thiophene rings is 1. The number of hydrogen-bond donors (Lipinski definition) is 1. The van der Waals surface area contributed by atoms with Crippen molar-refractivity contribution >= 4 is 11.3 Å². The predicted octanol–water partition coefficient (Wildman–Crippen LogP) is 3.23. The van der Waals surface area contributed by atoms with E-state index in [1.54, 1.807) is 11.3 Å². The van der Waals surface area contributed by atoms with Crippen molar-refractivity contribution < 1.29 is 14.6 Å². The lowest BCUT2D eigenvalue weighted by molar-refractivity contribution is -0.190. The number of ether oxygens (including phenoxy) is 2. The van der Waals surface area contributed by atoms with E-state index in [1.165, 1.54) is 6.42 Å². The Hall–Kier alpha value is -0.420. The fourth-order valence-electron chi connectivity index (χ4n) is 2.16. The summed E-state index contributed by atoms with van der Waals surface area (Å²) in [6.45, 7) is 3.00. The lowest BCUT2D eigenvalue weighted by Crippen LogP contribution is -2.24. The smallest absolute Gasteiger partial charge is 0.158 e.